The number of likely N-dealkylation sites (tertiary alicyclic amines) is 1. The summed E-state index contributed by atoms with van der Waals surface area (Å²) in [6.07, 6.45) is 1.81. The summed E-state index contributed by atoms with van der Waals surface area (Å²) in [6.45, 7) is 4.15. The van der Waals surface area contributed by atoms with E-state index in [-0.39, 0.29) is 30.0 Å². The fraction of sp³-hybridized carbons (Fsp3) is 0.375. The molecular weight excluding hydrogens is 316 g/mol. The maximum absolute atomic E-state index is 12.5. The molecule has 2 aliphatic heterocycles. The average molecular weight is 334 g/mol. The summed E-state index contributed by atoms with van der Waals surface area (Å²) in [7, 11) is -3.05. The molecule has 0 spiro atoms. The van der Waals surface area contributed by atoms with E-state index in [1.165, 1.54) is 6.08 Å². The topological polar surface area (TPSA) is 83.6 Å². The fourth-order valence-electron chi connectivity index (χ4n) is 3.23. The van der Waals surface area contributed by atoms with Gasteiger partial charge in [0.2, 0.25) is 5.91 Å². The van der Waals surface area contributed by atoms with Crippen LogP contribution in [-0.2, 0) is 14.6 Å². The van der Waals surface area contributed by atoms with Gasteiger partial charge in [0.1, 0.15) is 0 Å². The van der Waals surface area contributed by atoms with E-state index in [1.807, 2.05) is 0 Å². The van der Waals surface area contributed by atoms with Crippen molar-refractivity contribution in [1.82, 2.24) is 4.90 Å². The molecule has 2 atom stereocenters. The first-order valence-corrected chi connectivity index (χ1v) is 9.16. The van der Waals surface area contributed by atoms with Gasteiger partial charge in [0.15, 0.2) is 9.84 Å². The summed E-state index contributed by atoms with van der Waals surface area (Å²) in [5.41, 5.74) is 1.06. The van der Waals surface area contributed by atoms with Crippen LogP contribution in [-0.4, -0.2) is 49.2 Å². The van der Waals surface area contributed by atoms with E-state index >= 15 is 0 Å². The number of carbonyl (C=O) groups is 2. The number of hydrogen-bond acceptors (Lipinski definition) is 4. The predicted molar refractivity (Wildman–Crippen MR) is 86.9 cm³/mol. The number of rotatable bonds is 3. The molecule has 0 saturated carbocycles. The molecule has 23 heavy (non-hydrogen) atoms. The molecule has 6 nitrogen and oxygen atoms in total. The monoisotopic (exact) mass is 334 g/mol. The van der Waals surface area contributed by atoms with Gasteiger partial charge >= 0.3 is 0 Å². The van der Waals surface area contributed by atoms with Crippen LogP contribution in [0.4, 0.5) is 5.69 Å². The number of fused-ring (bicyclic) bond motifs is 1. The fourth-order valence-corrected chi connectivity index (χ4v) is 5.38. The van der Waals surface area contributed by atoms with Crippen LogP contribution in [0, 0.1) is 5.92 Å². The molecule has 1 aromatic rings. The summed E-state index contributed by atoms with van der Waals surface area (Å²) in [5, 5.41) is 2.20. The SMILES string of the molecule is C=CC(=O)Nc1ccc(C(=O)N2C[C@@H]3CCS(=O)(=O)[C@@H]3C2)cc1. The Hall–Kier alpha value is -2.15. The number of nitrogens with zero attached hydrogens (tertiary/aromatic N) is 1. The van der Waals surface area contributed by atoms with Crippen molar-refractivity contribution in [3.05, 3.63) is 42.5 Å². The molecule has 1 aromatic carbocycles. The van der Waals surface area contributed by atoms with E-state index in [0.717, 1.165) is 0 Å². The van der Waals surface area contributed by atoms with Crippen LogP contribution in [0.1, 0.15) is 16.8 Å². The lowest BCUT2D eigenvalue weighted by Gasteiger charge is -2.17. The molecule has 1 N–H and O–H groups in total. The molecule has 0 unspecified atom stereocenters. The third-order valence-corrected chi connectivity index (χ3v) is 6.75. The normalized spacial score (nSPS) is 25.0. The second-order valence-electron chi connectivity index (χ2n) is 5.94. The van der Waals surface area contributed by atoms with E-state index < -0.39 is 15.1 Å². The molecule has 2 aliphatic rings. The van der Waals surface area contributed by atoms with Crippen LogP contribution in [0.3, 0.4) is 0 Å². The number of anilines is 1. The van der Waals surface area contributed by atoms with Crippen LogP contribution >= 0.6 is 0 Å². The Morgan fingerprint density at radius 3 is 2.52 bits per heavy atom. The Balaban J connectivity index is 1.70. The number of carbonyl (C=O) groups excluding carboxylic acids is 2. The molecule has 0 radical (unpaired) electrons. The minimum atomic E-state index is -3.05. The highest BCUT2D eigenvalue weighted by Gasteiger charge is 2.47. The van der Waals surface area contributed by atoms with Crippen molar-refractivity contribution < 1.29 is 18.0 Å². The zero-order chi connectivity index (χ0) is 16.6. The van der Waals surface area contributed by atoms with Crippen molar-refractivity contribution in [2.45, 2.75) is 11.7 Å². The van der Waals surface area contributed by atoms with Crippen molar-refractivity contribution in [3.63, 3.8) is 0 Å². The van der Waals surface area contributed by atoms with Crippen LogP contribution < -0.4 is 5.32 Å². The molecule has 2 saturated heterocycles. The Morgan fingerprint density at radius 1 is 1.22 bits per heavy atom. The van der Waals surface area contributed by atoms with E-state index in [2.05, 4.69) is 11.9 Å². The van der Waals surface area contributed by atoms with Crippen LogP contribution in [0.5, 0.6) is 0 Å². The lowest BCUT2D eigenvalue weighted by molar-refractivity contribution is -0.111. The first kappa shape index (κ1) is 15.7. The largest absolute Gasteiger partial charge is 0.337 e. The number of hydrogen-bond donors (Lipinski definition) is 1. The van der Waals surface area contributed by atoms with Gasteiger partial charge in [-0.3, -0.25) is 9.59 Å². The third-order valence-electron chi connectivity index (χ3n) is 4.49. The number of amides is 2. The second kappa shape index (κ2) is 5.81. The van der Waals surface area contributed by atoms with Gasteiger partial charge in [0, 0.05) is 24.3 Å². The molecule has 0 aliphatic carbocycles. The highest BCUT2D eigenvalue weighted by Crippen LogP contribution is 2.34. The zero-order valence-corrected chi connectivity index (χ0v) is 13.4. The van der Waals surface area contributed by atoms with Gasteiger partial charge in [-0.25, -0.2) is 8.42 Å². The lowest BCUT2D eigenvalue weighted by Crippen LogP contribution is -2.32. The number of benzene rings is 1. The summed E-state index contributed by atoms with van der Waals surface area (Å²) < 4.78 is 23.9. The van der Waals surface area contributed by atoms with E-state index in [9.17, 15) is 18.0 Å². The van der Waals surface area contributed by atoms with Crippen LogP contribution in [0.15, 0.2) is 36.9 Å². The summed E-state index contributed by atoms with van der Waals surface area (Å²) in [4.78, 5) is 25.3. The zero-order valence-electron chi connectivity index (χ0n) is 12.6. The predicted octanol–water partition coefficient (Wildman–Crippen LogP) is 1.07. The summed E-state index contributed by atoms with van der Waals surface area (Å²) in [5.74, 6) is -0.185. The summed E-state index contributed by atoms with van der Waals surface area (Å²) in [6, 6.07) is 6.54. The van der Waals surface area contributed by atoms with Crippen molar-refractivity contribution in [2.75, 3.05) is 24.2 Å². The highest BCUT2D eigenvalue weighted by molar-refractivity contribution is 7.92. The van der Waals surface area contributed by atoms with Gasteiger partial charge in [0.25, 0.3) is 5.91 Å². The van der Waals surface area contributed by atoms with Gasteiger partial charge in [-0.2, -0.15) is 0 Å². The maximum atomic E-state index is 12.5. The number of sulfone groups is 1. The van der Waals surface area contributed by atoms with Gasteiger partial charge < -0.3 is 10.2 Å². The molecule has 122 valence electrons. The number of nitrogens with one attached hydrogen (secondary N) is 1. The van der Waals surface area contributed by atoms with Crippen LogP contribution in [0.25, 0.3) is 0 Å². The third kappa shape index (κ3) is 3.01. The highest BCUT2D eigenvalue weighted by atomic mass is 32.2. The van der Waals surface area contributed by atoms with Crippen molar-refractivity contribution in [2.24, 2.45) is 5.92 Å². The minimum absolute atomic E-state index is 0.0649. The summed E-state index contributed by atoms with van der Waals surface area (Å²) >= 11 is 0. The molecule has 2 heterocycles. The van der Waals surface area contributed by atoms with Gasteiger partial charge in [-0.05, 0) is 42.7 Å². The Kier molecular flexibility index (Phi) is 3.97. The molecule has 7 heteroatoms. The van der Waals surface area contributed by atoms with Gasteiger partial charge in [0.05, 0.1) is 11.0 Å². The minimum Gasteiger partial charge on any atom is -0.337 e. The molecule has 3 rings (SSSR count). The standard InChI is InChI=1S/C16H18N2O4S/c1-2-15(19)17-13-5-3-11(4-6-13)16(20)18-9-12-7-8-23(21,22)14(12)10-18/h2-6,12,14H,1,7-10H2,(H,17,19)/t12-,14+/m0/s1. The Morgan fingerprint density at radius 2 is 1.91 bits per heavy atom. The smallest absolute Gasteiger partial charge is 0.253 e. The lowest BCUT2D eigenvalue weighted by atomic mass is 10.1. The maximum Gasteiger partial charge on any atom is 0.253 e. The van der Waals surface area contributed by atoms with Crippen molar-refractivity contribution in [1.29, 1.82) is 0 Å². The van der Waals surface area contributed by atoms with E-state index in [4.69, 9.17) is 0 Å². The first-order chi connectivity index (χ1) is 10.9. The van der Waals surface area contributed by atoms with Crippen molar-refractivity contribution in [3.8, 4) is 0 Å². The molecule has 2 amide bonds. The van der Waals surface area contributed by atoms with E-state index in [1.54, 1.807) is 29.2 Å². The Bertz CT molecular complexity index is 755. The second-order valence-corrected chi connectivity index (χ2v) is 8.27. The van der Waals surface area contributed by atoms with Crippen LogP contribution in [0.2, 0.25) is 0 Å². The quantitative estimate of drug-likeness (QED) is 0.838. The molecule has 0 aromatic heterocycles. The molecule has 2 fully saturated rings. The Labute approximate surface area is 135 Å². The van der Waals surface area contributed by atoms with E-state index in [0.29, 0.717) is 24.2 Å². The van der Waals surface area contributed by atoms with Gasteiger partial charge in [-0.15, -0.1) is 0 Å². The van der Waals surface area contributed by atoms with Crippen molar-refractivity contribution >= 4 is 27.3 Å². The first-order valence-electron chi connectivity index (χ1n) is 7.45. The van der Waals surface area contributed by atoms with Gasteiger partial charge in [-0.1, -0.05) is 6.58 Å². The molecular formula is C16H18N2O4S. The molecule has 0 bridgehead atoms. The average Bonchev–Trinajstić information content (AvgIpc) is 3.08.